The lowest BCUT2D eigenvalue weighted by Gasteiger charge is -2.28. The van der Waals surface area contributed by atoms with Crippen LogP contribution in [0, 0.1) is 0 Å². The molecule has 2 aromatic rings. The number of nitrogens with two attached hydrogens (primary N) is 2. The average Bonchev–Trinajstić information content (AvgIpc) is 2.62. The van der Waals surface area contributed by atoms with Gasteiger partial charge in [-0.1, -0.05) is 0 Å². The van der Waals surface area contributed by atoms with Gasteiger partial charge in [-0.2, -0.15) is 13.4 Å². The molecule has 15 heteroatoms. The molecule has 3 rings (SSSR count). The Morgan fingerprint density at radius 2 is 1.75 bits per heavy atom. The van der Waals surface area contributed by atoms with Gasteiger partial charge >= 0.3 is 6.03 Å². The second-order valence-corrected chi connectivity index (χ2v) is 7.80. The van der Waals surface area contributed by atoms with E-state index >= 15 is 0 Å². The Kier molecular flexibility index (Phi) is 4.56. The van der Waals surface area contributed by atoms with Crippen LogP contribution in [0.3, 0.4) is 0 Å². The highest BCUT2D eigenvalue weighted by atomic mass is 32.2. The van der Waals surface area contributed by atoms with Crippen LogP contribution in [0.15, 0.2) is 28.0 Å². The second kappa shape index (κ2) is 6.50. The van der Waals surface area contributed by atoms with Gasteiger partial charge in [0, 0.05) is 15.7 Å². The molecule has 0 fully saturated rings. The molecule has 1 unspecified atom stereocenters. The van der Waals surface area contributed by atoms with E-state index in [0.29, 0.717) is 0 Å². The molecule has 0 aromatic heterocycles. The summed E-state index contributed by atoms with van der Waals surface area (Å²) in [6.07, 6.45) is 0. The number of hydrogen-bond donors (Lipinski definition) is 5. The topological polar surface area (TPSA) is 225 Å². The number of urea groups is 1. The lowest BCUT2D eigenvalue weighted by atomic mass is 9.93. The van der Waals surface area contributed by atoms with Gasteiger partial charge in [-0.25, -0.2) is 16.1 Å². The molecule has 0 radical (unpaired) electrons. The molecular formula is C13H10N5O8S2-. The van der Waals surface area contributed by atoms with Crippen LogP contribution < -0.4 is 22.4 Å². The highest BCUT2D eigenvalue weighted by Crippen LogP contribution is 2.38. The van der Waals surface area contributed by atoms with Crippen molar-refractivity contribution in [2.45, 2.75) is 9.79 Å². The van der Waals surface area contributed by atoms with Gasteiger partial charge < -0.3 is 10.3 Å². The summed E-state index contributed by atoms with van der Waals surface area (Å²) in [5.74, 6) is 2.62. The Labute approximate surface area is 158 Å². The molecule has 0 saturated heterocycles. The van der Waals surface area contributed by atoms with E-state index in [1.54, 1.807) is 5.43 Å². The van der Waals surface area contributed by atoms with Gasteiger partial charge in [0.2, 0.25) is 0 Å². The van der Waals surface area contributed by atoms with Gasteiger partial charge in [0.15, 0.2) is 0 Å². The fourth-order valence-electron chi connectivity index (χ4n) is 2.72. The van der Waals surface area contributed by atoms with Gasteiger partial charge in [0.1, 0.15) is 0 Å². The molecule has 0 bridgehead atoms. The summed E-state index contributed by atoms with van der Waals surface area (Å²) in [7, 11) is -4.83. The van der Waals surface area contributed by atoms with Crippen LogP contribution in [0.2, 0.25) is 0 Å². The van der Waals surface area contributed by atoms with Crippen molar-refractivity contribution in [2.75, 3.05) is 5.73 Å². The summed E-state index contributed by atoms with van der Waals surface area (Å²) in [6.45, 7) is 0. The summed E-state index contributed by atoms with van der Waals surface area (Å²) >= 11 is -2.93. The maximum Gasteiger partial charge on any atom is 0.348 e. The van der Waals surface area contributed by atoms with Crippen LogP contribution in [-0.2, 0) is 21.2 Å². The fourth-order valence-corrected chi connectivity index (χ4v) is 3.76. The number of amides is 4. The van der Waals surface area contributed by atoms with Crippen molar-refractivity contribution in [1.29, 1.82) is 0 Å². The van der Waals surface area contributed by atoms with Crippen LogP contribution >= 0.6 is 0 Å². The monoisotopic (exact) mass is 428 g/mol. The Morgan fingerprint density at radius 3 is 2.25 bits per heavy atom. The minimum atomic E-state index is -4.83. The first-order valence-electron chi connectivity index (χ1n) is 7.10. The third-order valence-electron chi connectivity index (χ3n) is 3.90. The Balaban J connectivity index is 2.45. The smallest absolute Gasteiger partial charge is 0.348 e. The van der Waals surface area contributed by atoms with E-state index in [2.05, 4.69) is 0 Å². The van der Waals surface area contributed by atoms with E-state index in [1.807, 2.05) is 5.43 Å². The van der Waals surface area contributed by atoms with Gasteiger partial charge in [-0.3, -0.25) is 23.8 Å². The third-order valence-corrected chi connectivity index (χ3v) is 5.43. The van der Waals surface area contributed by atoms with Crippen LogP contribution in [0.4, 0.5) is 10.5 Å². The first-order chi connectivity index (χ1) is 13.0. The normalized spacial score (nSPS) is 14.9. The first-order valence-corrected chi connectivity index (χ1v) is 9.62. The van der Waals surface area contributed by atoms with E-state index in [-0.39, 0.29) is 21.3 Å². The Morgan fingerprint density at radius 1 is 1.18 bits per heavy atom. The summed E-state index contributed by atoms with van der Waals surface area (Å²) in [5, 5.41) is -0.187. The van der Waals surface area contributed by atoms with Crippen molar-refractivity contribution in [3.8, 4) is 0 Å². The molecule has 148 valence electrons. The Hall–Kier alpha value is -3.11. The van der Waals surface area contributed by atoms with Crippen LogP contribution in [0.1, 0.15) is 20.7 Å². The average molecular weight is 428 g/mol. The zero-order chi connectivity index (χ0) is 21.0. The molecule has 28 heavy (non-hydrogen) atoms. The quantitative estimate of drug-likeness (QED) is 0.0730. The lowest BCUT2D eigenvalue weighted by Crippen LogP contribution is -2.55. The van der Waals surface area contributed by atoms with Gasteiger partial charge in [-0.15, -0.1) is 0 Å². The number of rotatable bonds is 3. The third kappa shape index (κ3) is 2.96. The largest absolute Gasteiger partial charge is 0.768 e. The number of hydrogen-bond acceptors (Lipinski definition) is 9. The van der Waals surface area contributed by atoms with Crippen molar-refractivity contribution in [2.24, 2.45) is 5.84 Å². The van der Waals surface area contributed by atoms with Crippen molar-refractivity contribution < 1.29 is 36.1 Å². The van der Waals surface area contributed by atoms with E-state index in [1.165, 1.54) is 0 Å². The number of benzene rings is 2. The first kappa shape index (κ1) is 19.6. The summed E-state index contributed by atoms with van der Waals surface area (Å²) < 4.78 is 55.4. The lowest BCUT2D eigenvalue weighted by molar-refractivity contribution is 0.0541. The molecule has 2 aromatic carbocycles. The molecule has 1 aliphatic heterocycles. The van der Waals surface area contributed by atoms with E-state index in [9.17, 15) is 36.1 Å². The zero-order valence-corrected chi connectivity index (χ0v) is 15.1. The van der Waals surface area contributed by atoms with Crippen molar-refractivity contribution in [3.05, 3.63) is 29.3 Å². The molecule has 0 saturated carbocycles. The number of anilines is 1. The van der Waals surface area contributed by atoms with Crippen molar-refractivity contribution in [3.63, 3.8) is 0 Å². The van der Waals surface area contributed by atoms with E-state index < -0.39 is 60.1 Å². The number of nitrogens with one attached hydrogen (secondary N) is 2. The van der Waals surface area contributed by atoms with E-state index in [0.717, 1.165) is 18.2 Å². The molecule has 1 aliphatic rings. The number of carbonyl (C=O) groups excluding carboxylic acids is 3. The molecule has 1 atom stereocenters. The molecule has 4 amide bonds. The molecular weight excluding hydrogens is 418 g/mol. The number of nitrogen functional groups attached to an aromatic ring is 1. The summed E-state index contributed by atoms with van der Waals surface area (Å²) in [5.41, 5.74) is 8.03. The standard InChI is InChI=1S/C13H11N5O8S2/c14-10-5-1-4(28(24,25)26)2-6-9(5)7(3-8(10)27(22)23)12(20)18(11(6)19)17-13(21)16-15/h1-3H,14-15H2,(H,22,23)(H2,16,17,21)(H,24,25,26)/p-1. The summed E-state index contributed by atoms with van der Waals surface area (Å²) in [4.78, 5) is 35.4. The van der Waals surface area contributed by atoms with Crippen LogP contribution in [0.25, 0.3) is 10.8 Å². The number of nitrogens with zero attached hydrogens (tertiary/aromatic N) is 1. The van der Waals surface area contributed by atoms with E-state index in [4.69, 9.17) is 11.6 Å². The molecule has 7 N–H and O–H groups in total. The molecule has 1 heterocycles. The van der Waals surface area contributed by atoms with Crippen LogP contribution in [0.5, 0.6) is 0 Å². The number of hydrazine groups is 2. The van der Waals surface area contributed by atoms with Gasteiger partial charge in [0.25, 0.3) is 21.9 Å². The fraction of sp³-hybridized carbons (Fsp3) is 0. The minimum Gasteiger partial charge on any atom is -0.768 e. The summed E-state index contributed by atoms with van der Waals surface area (Å²) in [6, 6.07) is 1.31. The maximum absolute atomic E-state index is 12.7. The molecule has 13 nitrogen and oxygen atoms in total. The highest BCUT2D eigenvalue weighted by molar-refractivity contribution is 7.85. The van der Waals surface area contributed by atoms with Gasteiger partial charge in [-0.05, 0) is 29.3 Å². The predicted molar refractivity (Wildman–Crippen MR) is 91.7 cm³/mol. The van der Waals surface area contributed by atoms with Crippen molar-refractivity contribution in [1.82, 2.24) is 15.9 Å². The highest BCUT2D eigenvalue weighted by Gasteiger charge is 2.36. The van der Waals surface area contributed by atoms with Crippen LogP contribution in [-0.4, -0.2) is 44.6 Å². The SMILES string of the molecule is NNC(=O)NN1C(=O)c2cc(S(=O)(=O)O)cc3c(N)c(S(=O)[O-])cc(c23)C1=O. The Bertz CT molecular complexity index is 1210. The minimum absolute atomic E-state index is 0.139. The molecule has 0 spiro atoms. The number of carbonyl (C=O) groups is 3. The van der Waals surface area contributed by atoms with Gasteiger partial charge in [0.05, 0.1) is 21.7 Å². The molecule has 0 aliphatic carbocycles. The second-order valence-electron chi connectivity index (χ2n) is 5.47. The predicted octanol–water partition coefficient (Wildman–Crippen LogP) is -1.41. The van der Waals surface area contributed by atoms with Crippen molar-refractivity contribution >= 4 is 55.5 Å². The number of imide groups is 1. The maximum atomic E-state index is 12.7. The zero-order valence-electron chi connectivity index (χ0n) is 13.5.